The lowest BCUT2D eigenvalue weighted by Crippen LogP contribution is -2.21. The van der Waals surface area contributed by atoms with Crippen LogP contribution in [0.15, 0.2) is 60.2 Å². The largest absolute Gasteiger partial charge is 0.489 e. The average Bonchev–Trinajstić information content (AvgIpc) is 2.48. The van der Waals surface area contributed by atoms with E-state index < -0.39 is 0 Å². The predicted molar refractivity (Wildman–Crippen MR) is 78.1 cm³/mol. The third-order valence-corrected chi connectivity index (χ3v) is 3.22. The van der Waals surface area contributed by atoms with Gasteiger partial charge in [-0.2, -0.15) is 0 Å². The molecule has 1 aliphatic rings. The molecule has 0 spiro atoms. The third kappa shape index (κ3) is 3.04. The molecule has 3 rings (SSSR count). The van der Waals surface area contributed by atoms with Gasteiger partial charge in [0.25, 0.3) is 0 Å². The predicted octanol–water partition coefficient (Wildman–Crippen LogP) is 3.25. The quantitative estimate of drug-likeness (QED) is 0.900. The van der Waals surface area contributed by atoms with E-state index in [-0.39, 0.29) is 0 Å². The molecule has 0 bridgehead atoms. The molecule has 2 nitrogen and oxygen atoms in total. The van der Waals surface area contributed by atoms with Gasteiger partial charge < -0.3 is 10.1 Å². The van der Waals surface area contributed by atoms with Crippen LogP contribution in [-0.4, -0.2) is 13.2 Å². The molecule has 0 amide bonds. The monoisotopic (exact) mass is 251 g/mol. The van der Waals surface area contributed by atoms with Gasteiger partial charge in [0, 0.05) is 18.7 Å². The number of para-hydroxylation sites is 1. The molecular formula is C17H17NO. The second-order valence-corrected chi connectivity index (χ2v) is 4.72. The molecule has 0 saturated carbocycles. The van der Waals surface area contributed by atoms with Crippen molar-refractivity contribution >= 4 is 6.08 Å². The van der Waals surface area contributed by atoms with Crippen molar-refractivity contribution in [3.05, 3.63) is 71.3 Å². The summed E-state index contributed by atoms with van der Waals surface area (Å²) in [5, 5.41) is 3.45. The van der Waals surface area contributed by atoms with Crippen molar-refractivity contribution in [2.24, 2.45) is 0 Å². The third-order valence-electron chi connectivity index (χ3n) is 3.22. The zero-order chi connectivity index (χ0) is 12.9. The Morgan fingerprint density at radius 1 is 0.895 bits per heavy atom. The average molecular weight is 251 g/mol. The van der Waals surface area contributed by atoms with Gasteiger partial charge in [0.2, 0.25) is 0 Å². The summed E-state index contributed by atoms with van der Waals surface area (Å²) in [6, 6.07) is 18.6. The molecule has 1 aliphatic heterocycles. The van der Waals surface area contributed by atoms with Crippen LogP contribution in [0.2, 0.25) is 0 Å². The van der Waals surface area contributed by atoms with Gasteiger partial charge in [0.15, 0.2) is 0 Å². The van der Waals surface area contributed by atoms with E-state index in [9.17, 15) is 0 Å². The molecule has 96 valence electrons. The molecular weight excluding hydrogens is 234 g/mol. The summed E-state index contributed by atoms with van der Waals surface area (Å²) in [5.41, 5.74) is 3.76. The molecule has 0 saturated heterocycles. The normalized spacial score (nSPS) is 13.4. The van der Waals surface area contributed by atoms with Gasteiger partial charge in [-0.1, -0.05) is 48.5 Å². The lowest BCUT2D eigenvalue weighted by molar-refractivity contribution is 0.343. The number of rotatable bonds is 4. The molecule has 0 fully saturated rings. The Morgan fingerprint density at radius 3 is 2.58 bits per heavy atom. The van der Waals surface area contributed by atoms with Crippen molar-refractivity contribution in [2.75, 3.05) is 13.2 Å². The first-order chi connectivity index (χ1) is 9.42. The van der Waals surface area contributed by atoms with Crippen molar-refractivity contribution in [1.82, 2.24) is 5.32 Å². The number of fused-ring (bicyclic) bond motifs is 1. The summed E-state index contributed by atoms with van der Waals surface area (Å²) in [7, 11) is 0. The van der Waals surface area contributed by atoms with Gasteiger partial charge in [-0.25, -0.2) is 0 Å². The van der Waals surface area contributed by atoms with E-state index >= 15 is 0 Å². The van der Waals surface area contributed by atoms with Gasteiger partial charge in [-0.05, 0) is 23.3 Å². The highest BCUT2D eigenvalue weighted by Gasteiger charge is 2.09. The Bertz CT molecular complexity index is 575. The Kier molecular flexibility index (Phi) is 3.61. The minimum absolute atomic E-state index is 0.679. The molecule has 2 aromatic rings. The Balaban J connectivity index is 1.58. The molecule has 2 heteroatoms. The van der Waals surface area contributed by atoms with Crippen molar-refractivity contribution < 1.29 is 4.74 Å². The molecule has 0 aliphatic carbocycles. The van der Waals surface area contributed by atoms with Gasteiger partial charge in [-0.3, -0.25) is 0 Å². The van der Waals surface area contributed by atoms with E-state index in [0.717, 1.165) is 18.8 Å². The summed E-state index contributed by atoms with van der Waals surface area (Å²) >= 11 is 0. The summed E-state index contributed by atoms with van der Waals surface area (Å²) in [6.07, 6.45) is 2.22. The van der Waals surface area contributed by atoms with Gasteiger partial charge in [0.1, 0.15) is 12.4 Å². The highest BCUT2D eigenvalue weighted by Crippen LogP contribution is 2.25. The highest BCUT2D eigenvalue weighted by atomic mass is 16.5. The SMILES string of the molecule is C1=C(CNCc2ccccc2)COc2ccccc21. The lowest BCUT2D eigenvalue weighted by atomic mass is 10.1. The molecule has 19 heavy (non-hydrogen) atoms. The first-order valence-electron chi connectivity index (χ1n) is 6.58. The van der Waals surface area contributed by atoms with E-state index in [2.05, 4.69) is 41.7 Å². The Labute approximate surface area is 113 Å². The highest BCUT2D eigenvalue weighted by molar-refractivity contribution is 5.62. The fourth-order valence-electron chi connectivity index (χ4n) is 2.23. The van der Waals surface area contributed by atoms with Crippen molar-refractivity contribution in [2.45, 2.75) is 6.54 Å². The van der Waals surface area contributed by atoms with E-state index in [0.29, 0.717) is 6.61 Å². The molecule has 0 aromatic heterocycles. The van der Waals surface area contributed by atoms with Crippen molar-refractivity contribution in [3.8, 4) is 5.75 Å². The zero-order valence-electron chi connectivity index (χ0n) is 10.8. The minimum atomic E-state index is 0.679. The van der Waals surface area contributed by atoms with Crippen LogP contribution in [0.1, 0.15) is 11.1 Å². The molecule has 2 aromatic carbocycles. The maximum absolute atomic E-state index is 5.73. The minimum Gasteiger partial charge on any atom is -0.489 e. The maximum Gasteiger partial charge on any atom is 0.127 e. The summed E-state index contributed by atoms with van der Waals surface area (Å²) in [5.74, 6) is 0.981. The van der Waals surface area contributed by atoms with E-state index in [1.54, 1.807) is 0 Å². The molecule has 0 unspecified atom stereocenters. The number of nitrogens with one attached hydrogen (secondary N) is 1. The number of hydrogen-bond acceptors (Lipinski definition) is 2. The van der Waals surface area contributed by atoms with Gasteiger partial charge in [-0.15, -0.1) is 0 Å². The van der Waals surface area contributed by atoms with Crippen LogP contribution in [0.5, 0.6) is 5.75 Å². The topological polar surface area (TPSA) is 21.3 Å². The van der Waals surface area contributed by atoms with Crippen LogP contribution >= 0.6 is 0 Å². The lowest BCUT2D eigenvalue weighted by Gasteiger charge is -2.18. The molecule has 0 radical (unpaired) electrons. The molecule has 0 atom stereocenters. The Hall–Kier alpha value is -2.06. The maximum atomic E-state index is 5.73. The summed E-state index contributed by atoms with van der Waals surface area (Å²) in [6.45, 7) is 2.43. The first-order valence-corrected chi connectivity index (χ1v) is 6.58. The molecule has 1 heterocycles. The second-order valence-electron chi connectivity index (χ2n) is 4.72. The van der Waals surface area contributed by atoms with Crippen LogP contribution in [-0.2, 0) is 6.54 Å². The van der Waals surface area contributed by atoms with Crippen LogP contribution in [0.25, 0.3) is 6.08 Å². The summed E-state index contributed by atoms with van der Waals surface area (Å²) < 4.78 is 5.73. The van der Waals surface area contributed by atoms with Crippen LogP contribution < -0.4 is 10.1 Å². The summed E-state index contributed by atoms with van der Waals surface area (Å²) in [4.78, 5) is 0. The fraction of sp³-hybridized carbons (Fsp3) is 0.176. The van der Waals surface area contributed by atoms with Gasteiger partial charge in [0.05, 0.1) is 0 Å². The smallest absolute Gasteiger partial charge is 0.127 e. The van der Waals surface area contributed by atoms with Crippen LogP contribution in [0.4, 0.5) is 0 Å². The first kappa shape index (κ1) is 12.0. The Morgan fingerprint density at radius 2 is 1.68 bits per heavy atom. The second kappa shape index (κ2) is 5.72. The number of benzene rings is 2. The standard InChI is InChI=1S/C17H17NO/c1-2-6-14(7-3-1)11-18-12-15-10-16-8-4-5-9-17(16)19-13-15/h1-10,18H,11-13H2. The molecule has 1 N–H and O–H groups in total. The van der Waals surface area contributed by atoms with E-state index in [4.69, 9.17) is 4.74 Å². The number of hydrogen-bond donors (Lipinski definition) is 1. The number of ether oxygens (including phenoxy) is 1. The van der Waals surface area contributed by atoms with Crippen molar-refractivity contribution in [1.29, 1.82) is 0 Å². The van der Waals surface area contributed by atoms with Crippen molar-refractivity contribution in [3.63, 3.8) is 0 Å². The van der Waals surface area contributed by atoms with Crippen LogP contribution in [0.3, 0.4) is 0 Å². The fourth-order valence-corrected chi connectivity index (χ4v) is 2.23. The van der Waals surface area contributed by atoms with Gasteiger partial charge >= 0.3 is 0 Å². The zero-order valence-corrected chi connectivity index (χ0v) is 10.8. The van der Waals surface area contributed by atoms with E-state index in [1.807, 2.05) is 24.3 Å². The van der Waals surface area contributed by atoms with E-state index in [1.165, 1.54) is 16.7 Å². The van der Waals surface area contributed by atoms with Crippen LogP contribution in [0, 0.1) is 0 Å².